The summed E-state index contributed by atoms with van der Waals surface area (Å²) in [5.74, 6) is 1.97. The fourth-order valence-corrected chi connectivity index (χ4v) is 5.37. The third-order valence-electron chi connectivity index (χ3n) is 7.40. The van der Waals surface area contributed by atoms with Crippen molar-refractivity contribution in [2.75, 3.05) is 81.1 Å². The van der Waals surface area contributed by atoms with Crippen LogP contribution in [0.2, 0.25) is 0 Å². The van der Waals surface area contributed by atoms with E-state index in [1.165, 1.54) is 16.6 Å². The number of hydrogen-bond acceptors (Lipinski definition) is 6. The Morgan fingerprint density at radius 2 is 1.61 bits per heavy atom. The number of rotatable bonds is 5. The molecule has 1 N–H and O–H groups in total. The van der Waals surface area contributed by atoms with E-state index in [0.717, 1.165) is 86.8 Å². The molecule has 7 nitrogen and oxygen atoms in total. The van der Waals surface area contributed by atoms with Gasteiger partial charge >= 0.3 is 0 Å². The van der Waals surface area contributed by atoms with Gasteiger partial charge in [0.05, 0.1) is 12.6 Å². The number of anilines is 3. The molecule has 1 aromatic heterocycles. The molecule has 190 valence electrons. The first kappa shape index (κ1) is 24.6. The summed E-state index contributed by atoms with van der Waals surface area (Å²) in [5, 5.41) is 5.42. The van der Waals surface area contributed by atoms with E-state index < -0.39 is 0 Å². The highest BCUT2D eigenvalue weighted by atomic mass is 32.1. The van der Waals surface area contributed by atoms with Crippen molar-refractivity contribution in [2.45, 2.75) is 13.8 Å². The predicted molar refractivity (Wildman–Crippen MR) is 154 cm³/mol. The van der Waals surface area contributed by atoms with E-state index in [0.29, 0.717) is 0 Å². The minimum atomic E-state index is 0.778. The van der Waals surface area contributed by atoms with Gasteiger partial charge in [-0.2, -0.15) is 0 Å². The van der Waals surface area contributed by atoms with Crippen molar-refractivity contribution in [1.82, 2.24) is 14.8 Å². The lowest BCUT2D eigenvalue weighted by molar-refractivity contribution is 0.270. The number of thiocarbonyl (C=S) groups is 1. The maximum Gasteiger partial charge on any atom is 0.173 e. The first-order valence-electron chi connectivity index (χ1n) is 12.9. The van der Waals surface area contributed by atoms with Gasteiger partial charge in [0.1, 0.15) is 11.6 Å². The smallest absolute Gasteiger partial charge is 0.173 e. The number of nitrogens with zero attached hydrogens (tertiary/aromatic N) is 5. The van der Waals surface area contributed by atoms with Gasteiger partial charge < -0.3 is 29.7 Å². The van der Waals surface area contributed by atoms with Crippen molar-refractivity contribution >= 4 is 45.4 Å². The molecule has 0 atom stereocenters. The molecule has 2 aromatic carbocycles. The Hall–Kier alpha value is -3.10. The number of piperazine rings is 2. The van der Waals surface area contributed by atoms with Crippen LogP contribution in [0.1, 0.15) is 12.5 Å². The van der Waals surface area contributed by atoms with Crippen molar-refractivity contribution in [3.05, 3.63) is 54.1 Å². The number of aryl methyl sites for hydroxylation is 1. The molecule has 0 amide bonds. The van der Waals surface area contributed by atoms with Crippen molar-refractivity contribution < 1.29 is 4.74 Å². The van der Waals surface area contributed by atoms with Gasteiger partial charge in [0.15, 0.2) is 5.11 Å². The summed E-state index contributed by atoms with van der Waals surface area (Å²) in [6.45, 7) is 13.4. The maximum atomic E-state index is 5.78. The summed E-state index contributed by atoms with van der Waals surface area (Å²) in [7, 11) is 1.70. The number of pyridine rings is 1. The first-order valence-corrected chi connectivity index (χ1v) is 13.3. The van der Waals surface area contributed by atoms with Crippen LogP contribution in [0.5, 0.6) is 5.75 Å². The van der Waals surface area contributed by atoms with E-state index in [2.05, 4.69) is 75.2 Å². The number of hydrogen-bond donors (Lipinski definition) is 1. The van der Waals surface area contributed by atoms with Gasteiger partial charge in [-0.15, -0.1) is 0 Å². The van der Waals surface area contributed by atoms with E-state index in [4.69, 9.17) is 21.9 Å². The van der Waals surface area contributed by atoms with E-state index in [9.17, 15) is 0 Å². The van der Waals surface area contributed by atoms with Crippen LogP contribution in [-0.2, 0) is 0 Å². The normalized spacial score (nSPS) is 16.9. The van der Waals surface area contributed by atoms with Crippen LogP contribution in [0.4, 0.5) is 17.2 Å². The van der Waals surface area contributed by atoms with Gasteiger partial charge in [-0.3, -0.25) is 0 Å². The third-order valence-corrected chi connectivity index (χ3v) is 7.76. The first-order chi connectivity index (χ1) is 17.5. The molecule has 0 unspecified atom stereocenters. The quantitative estimate of drug-likeness (QED) is 0.519. The Bertz CT molecular complexity index is 1200. The van der Waals surface area contributed by atoms with Crippen LogP contribution < -0.4 is 19.9 Å². The summed E-state index contributed by atoms with van der Waals surface area (Å²) in [6, 6.07) is 16.9. The second kappa shape index (κ2) is 10.9. The fourth-order valence-electron chi connectivity index (χ4n) is 5.07. The topological polar surface area (TPSA) is 47.1 Å². The number of nitrogens with one attached hydrogen (secondary N) is 1. The molecule has 36 heavy (non-hydrogen) atoms. The molecule has 3 aromatic rings. The molecule has 0 spiro atoms. The Morgan fingerprint density at radius 1 is 0.917 bits per heavy atom. The highest BCUT2D eigenvalue weighted by Gasteiger charge is 2.20. The molecule has 2 aliphatic rings. The lowest BCUT2D eigenvalue weighted by atomic mass is 10.1. The van der Waals surface area contributed by atoms with Gasteiger partial charge in [-0.05, 0) is 79.8 Å². The fraction of sp³-hybridized carbons (Fsp3) is 0.429. The van der Waals surface area contributed by atoms with Crippen LogP contribution in [0.3, 0.4) is 0 Å². The zero-order chi connectivity index (χ0) is 25.1. The molecule has 0 radical (unpaired) electrons. The Balaban J connectivity index is 1.21. The molecule has 0 saturated carbocycles. The van der Waals surface area contributed by atoms with Crippen molar-refractivity contribution in [1.29, 1.82) is 0 Å². The van der Waals surface area contributed by atoms with Gasteiger partial charge in [0.25, 0.3) is 0 Å². The Labute approximate surface area is 219 Å². The molecule has 2 saturated heterocycles. The average Bonchev–Trinajstić information content (AvgIpc) is 2.93. The number of aromatic nitrogens is 1. The van der Waals surface area contributed by atoms with Crippen molar-refractivity contribution in [3.63, 3.8) is 0 Å². The van der Waals surface area contributed by atoms with Crippen molar-refractivity contribution in [2.24, 2.45) is 0 Å². The number of ether oxygens (including phenoxy) is 1. The van der Waals surface area contributed by atoms with E-state index in [1.54, 1.807) is 7.11 Å². The number of fused-ring (bicyclic) bond motifs is 1. The van der Waals surface area contributed by atoms with Crippen LogP contribution in [0, 0.1) is 6.92 Å². The number of methoxy groups -OCH3 is 1. The molecule has 0 bridgehead atoms. The molecular weight excluding hydrogens is 468 g/mol. The number of benzene rings is 2. The molecular formula is C28H36N6OS. The van der Waals surface area contributed by atoms with Gasteiger partial charge in [-0.1, -0.05) is 6.92 Å². The maximum absolute atomic E-state index is 5.78. The zero-order valence-corrected chi connectivity index (χ0v) is 22.4. The lowest BCUT2D eigenvalue weighted by Gasteiger charge is -2.37. The summed E-state index contributed by atoms with van der Waals surface area (Å²) >= 11 is 5.78. The zero-order valence-electron chi connectivity index (χ0n) is 21.5. The van der Waals surface area contributed by atoms with Gasteiger partial charge in [0.2, 0.25) is 0 Å². The molecule has 2 fully saturated rings. The summed E-state index contributed by atoms with van der Waals surface area (Å²) in [5.41, 5.74) is 4.51. The van der Waals surface area contributed by atoms with Crippen LogP contribution in [-0.4, -0.2) is 85.9 Å². The second-order valence-corrected chi connectivity index (χ2v) is 9.94. The van der Waals surface area contributed by atoms with Gasteiger partial charge in [0, 0.05) is 69.1 Å². The minimum absolute atomic E-state index is 0.778. The third kappa shape index (κ3) is 5.34. The van der Waals surface area contributed by atoms with E-state index in [-0.39, 0.29) is 0 Å². The lowest BCUT2D eigenvalue weighted by Crippen LogP contribution is -2.50. The molecule has 3 heterocycles. The average molecular weight is 505 g/mol. The van der Waals surface area contributed by atoms with Crippen molar-refractivity contribution in [3.8, 4) is 5.75 Å². The molecule has 5 rings (SSSR count). The Kier molecular flexibility index (Phi) is 7.43. The molecule has 0 aliphatic carbocycles. The highest BCUT2D eigenvalue weighted by Crippen LogP contribution is 2.26. The SMILES string of the molecule is CCN1CCN(c2cc(C)c3cc(NC(=S)N4CCN(c5ccc(OC)cc5)CC4)ccc3n2)CC1. The monoisotopic (exact) mass is 504 g/mol. The summed E-state index contributed by atoms with van der Waals surface area (Å²) in [4.78, 5) is 14.5. The van der Waals surface area contributed by atoms with Crippen LogP contribution >= 0.6 is 12.2 Å². The number of likely N-dealkylation sites (N-methyl/N-ethyl adjacent to an activating group) is 1. The largest absolute Gasteiger partial charge is 0.497 e. The Morgan fingerprint density at radius 3 is 2.28 bits per heavy atom. The molecule has 8 heteroatoms. The second-order valence-electron chi connectivity index (χ2n) is 9.55. The van der Waals surface area contributed by atoms with Gasteiger partial charge in [-0.25, -0.2) is 4.98 Å². The van der Waals surface area contributed by atoms with E-state index >= 15 is 0 Å². The minimum Gasteiger partial charge on any atom is -0.497 e. The summed E-state index contributed by atoms with van der Waals surface area (Å²) in [6.07, 6.45) is 0. The van der Waals surface area contributed by atoms with E-state index in [1.807, 2.05) is 12.1 Å². The summed E-state index contributed by atoms with van der Waals surface area (Å²) < 4.78 is 5.28. The highest BCUT2D eigenvalue weighted by molar-refractivity contribution is 7.80. The predicted octanol–water partition coefficient (Wildman–Crippen LogP) is 4.21. The van der Waals surface area contributed by atoms with Crippen LogP contribution in [0.25, 0.3) is 10.9 Å². The van der Waals surface area contributed by atoms with Crippen LogP contribution in [0.15, 0.2) is 48.5 Å². The molecule has 2 aliphatic heterocycles. The standard InChI is InChI=1S/C28H36N6OS/c1-4-31-11-13-33(14-12-31)27-19-21(2)25-20-22(5-10-26(25)30-27)29-28(36)34-17-15-32(16-18-34)23-6-8-24(35-3)9-7-23/h5-10,19-20H,4,11-18H2,1-3H3,(H,29,36).